The van der Waals surface area contributed by atoms with Crippen molar-refractivity contribution in [3.8, 4) is 0 Å². The number of hydrogen-bond donors (Lipinski definition) is 1. The van der Waals surface area contributed by atoms with E-state index in [4.69, 9.17) is 10.5 Å². The maximum atomic E-state index is 14.3. The highest BCUT2D eigenvalue weighted by Crippen LogP contribution is 2.34. The number of carbonyl (C=O) groups is 2. The molecule has 36 heavy (non-hydrogen) atoms. The number of amides is 2. The van der Waals surface area contributed by atoms with Crippen molar-refractivity contribution in [3.05, 3.63) is 70.9 Å². The van der Waals surface area contributed by atoms with Gasteiger partial charge in [0.05, 0.1) is 13.2 Å². The lowest BCUT2D eigenvalue weighted by molar-refractivity contribution is -0.118. The van der Waals surface area contributed by atoms with Crippen LogP contribution in [-0.2, 0) is 22.6 Å². The molecule has 0 unspecified atom stereocenters. The molecule has 0 spiro atoms. The molecular formula is C27H30F2N4O3. The van der Waals surface area contributed by atoms with Gasteiger partial charge in [0, 0.05) is 41.7 Å². The van der Waals surface area contributed by atoms with Gasteiger partial charge in [-0.2, -0.15) is 0 Å². The van der Waals surface area contributed by atoms with Crippen LogP contribution in [0.5, 0.6) is 0 Å². The van der Waals surface area contributed by atoms with Crippen LogP contribution in [-0.4, -0.2) is 65.6 Å². The van der Waals surface area contributed by atoms with Gasteiger partial charge in [-0.05, 0) is 50.0 Å². The summed E-state index contributed by atoms with van der Waals surface area (Å²) in [5.74, 6) is -1.85. The van der Waals surface area contributed by atoms with E-state index < -0.39 is 17.5 Å². The number of morpholine rings is 1. The number of hydrogen-bond acceptors (Lipinski definition) is 4. The molecule has 3 heterocycles. The smallest absolute Gasteiger partial charge is 0.271 e. The lowest BCUT2D eigenvalue weighted by Gasteiger charge is -2.33. The van der Waals surface area contributed by atoms with Crippen molar-refractivity contribution < 1.29 is 23.1 Å². The summed E-state index contributed by atoms with van der Waals surface area (Å²) in [6, 6.07) is 11.6. The zero-order valence-corrected chi connectivity index (χ0v) is 20.1. The molecule has 0 aliphatic carbocycles. The Hall–Kier alpha value is -3.30. The van der Waals surface area contributed by atoms with Gasteiger partial charge in [-0.1, -0.05) is 24.3 Å². The van der Waals surface area contributed by atoms with Crippen molar-refractivity contribution in [1.29, 1.82) is 0 Å². The number of primary amides is 1. The van der Waals surface area contributed by atoms with E-state index in [1.165, 1.54) is 18.2 Å². The number of ether oxygens (including phenoxy) is 1. The Morgan fingerprint density at radius 2 is 1.61 bits per heavy atom. The number of nitrogens with two attached hydrogens (primary N) is 1. The van der Waals surface area contributed by atoms with E-state index in [2.05, 4.69) is 4.90 Å². The number of fused-ring (bicyclic) bond motifs is 1. The summed E-state index contributed by atoms with van der Waals surface area (Å²) in [4.78, 5) is 29.7. The third-order valence-electron chi connectivity index (χ3n) is 7.27. The number of carbonyl (C=O) groups excluding carboxylic acids is 2. The number of likely N-dealkylation sites (tertiary alicyclic amines) is 1. The molecule has 3 aromatic rings. The quantitative estimate of drug-likeness (QED) is 0.568. The SMILES string of the molecule is NC(=O)Cn1c(C(=O)N2CCOCC2)c(CN2CCC(c3c(F)cccc3F)CC2)c2ccccc21. The second kappa shape index (κ2) is 10.4. The van der Waals surface area contributed by atoms with Crippen LogP contribution in [0.2, 0.25) is 0 Å². The maximum absolute atomic E-state index is 14.3. The molecule has 0 atom stereocenters. The molecule has 190 valence electrons. The molecule has 0 bridgehead atoms. The average Bonchev–Trinajstić information content (AvgIpc) is 3.17. The number of rotatable bonds is 6. The monoisotopic (exact) mass is 496 g/mol. The summed E-state index contributed by atoms with van der Waals surface area (Å²) < 4.78 is 35.8. The van der Waals surface area contributed by atoms with Crippen LogP contribution in [0.25, 0.3) is 10.9 Å². The molecule has 2 saturated heterocycles. The van der Waals surface area contributed by atoms with Gasteiger partial charge in [0.15, 0.2) is 0 Å². The van der Waals surface area contributed by atoms with E-state index in [0.29, 0.717) is 64.5 Å². The number of piperidine rings is 1. The Morgan fingerprint density at radius 3 is 2.28 bits per heavy atom. The summed E-state index contributed by atoms with van der Waals surface area (Å²) in [6.45, 7) is 3.57. The van der Waals surface area contributed by atoms with Crippen LogP contribution < -0.4 is 5.73 Å². The van der Waals surface area contributed by atoms with Crippen LogP contribution in [0, 0.1) is 11.6 Å². The molecule has 9 heteroatoms. The molecule has 2 aromatic carbocycles. The Bertz CT molecular complexity index is 1260. The molecular weight excluding hydrogens is 466 g/mol. The van der Waals surface area contributed by atoms with Gasteiger partial charge in [0.2, 0.25) is 5.91 Å². The topological polar surface area (TPSA) is 80.8 Å². The highest BCUT2D eigenvalue weighted by atomic mass is 19.1. The lowest BCUT2D eigenvalue weighted by Crippen LogP contribution is -2.42. The summed E-state index contributed by atoms with van der Waals surface area (Å²) in [5.41, 5.74) is 7.84. The first-order valence-electron chi connectivity index (χ1n) is 12.4. The zero-order valence-electron chi connectivity index (χ0n) is 20.1. The van der Waals surface area contributed by atoms with Gasteiger partial charge in [0.25, 0.3) is 5.91 Å². The number of para-hydroxylation sites is 1. The van der Waals surface area contributed by atoms with Crippen LogP contribution in [0.15, 0.2) is 42.5 Å². The van der Waals surface area contributed by atoms with Gasteiger partial charge < -0.3 is 19.9 Å². The third kappa shape index (κ3) is 4.73. The van der Waals surface area contributed by atoms with E-state index in [9.17, 15) is 18.4 Å². The fraction of sp³-hybridized carbons (Fsp3) is 0.407. The Labute approximate surface area is 208 Å². The highest BCUT2D eigenvalue weighted by Gasteiger charge is 2.31. The second-order valence-corrected chi connectivity index (χ2v) is 9.49. The van der Waals surface area contributed by atoms with E-state index in [-0.39, 0.29) is 23.9 Å². The molecule has 5 rings (SSSR count). The first kappa shape index (κ1) is 24.4. The minimum Gasteiger partial charge on any atom is -0.378 e. The van der Waals surface area contributed by atoms with E-state index >= 15 is 0 Å². The van der Waals surface area contributed by atoms with Crippen molar-refractivity contribution in [2.24, 2.45) is 5.73 Å². The van der Waals surface area contributed by atoms with Crippen molar-refractivity contribution in [2.75, 3.05) is 39.4 Å². The molecule has 2 amide bonds. The predicted octanol–water partition coefficient (Wildman–Crippen LogP) is 3.26. The molecule has 7 nitrogen and oxygen atoms in total. The molecule has 1 aromatic heterocycles. The Kier molecular flexibility index (Phi) is 7.02. The molecule has 0 radical (unpaired) electrons. The molecule has 2 aliphatic rings. The molecule has 0 saturated carbocycles. The minimum absolute atomic E-state index is 0.0967. The first-order chi connectivity index (χ1) is 17.4. The van der Waals surface area contributed by atoms with Gasteiger partial charge >= 0.3 is 0 Å². The summed E-state index contributed by atoms with van der Waals surface area (Å²) in [6.07, 6.45) is 1.23. The molecule has 2 fully saturated rings. The van der Waals surface area contributed by atoms with Crippen molar-refractivity contribution in [3.63, 3.8) is 0 Å². The summed E-state index contributed by atoms with van der Waals surface area (Å²) in [7, 11) is 0. The standard InChI is InChI=1S/C27H30F2N4O3/c28-21-5-3-6-22(29)25(21)18-8-10-31(11-9-18)16-20-19-4-1-2-7-23(19)33(17-24(30)34)26(20)27(35)32-12-14-36-15-13-32/h1-7,18H,8-17H2,(H2,30,34). The van der Waals surface area contributed by atoms with Crippen molar-refractivity contribution in [2.45, 2.75) is 31.8 Å². The number of nitrogens with zero attached hydrogens (tertiary/aromatic N) is 3. The van der Waals surface area contributed by atoms with Gasteiger partial charge in [-0.3, -0.25) is 14.5 Å². The van der Waals surface area contributed by atoms with Gasteiger partial charge in [-0.15, -0.1) is 0 Å². The summed E-state index contributed by atoms with van der Waals surface area (Å²) in [5, 5.41) is 0.901. The summed E-state index contributed by atoms with van der Waals surface area (Å²) >= 11 is 0. The normalized spacial score (nSPS) is 17.6. The van der Waals surface area contributed by atoms with E-state index in [0.717, 1.165) is 16.5 Å². The number of halogens is 2. The second-order valence-electron chi connectivity index (χ2n) is 9.49. The van der Waals surface area contributed by atoms with Gasteiger partial charge in [-0.25, -0.2) is 8.78 Å². The number of benzene rings is 2. The van der Waals surface area contributed by atoms with Crippen LogP contribution in [0.1, 0.15) is 40.4 Å². The zero-order chi connectivity index (χ0) is 25.2. The van der Waals surface area contributed by atoms with Crippen molar-refractivity contribution in [1.82, 2.24) is 14.4 Å². The Balaban J connectivity index is 1.45. The number of aromatic nitrogens is 1. The molecule has 2 aliphatic heterocycles. The van der Waals surface area contributed by atoms with Crippen molar-refractivity contribution >= 4 is 22.7 Å². The first-order valence-corrected chi connectivity index (χ1v) is 12.4. The van der Waals surface area contributed by atoms with Crippen LogP contribution in [0.4, 0.5) is 8.78 Å². The van der Waals surface area contributed by atoms with Crippen LogP contribution >= 0.6 is 0 Å². The fourth-order valence-electron chi connectivity index (χ4n) is 5.52. The fourth-order valence-corrected chi connectivity index (χ4v) is 5.52. The minimum atomic E-state index is -0.522. The maximum Gasteiger partial charge on any atom is 0.271 e. The largest absolute Gasteiger partial charge is 0.378 e. The Morgan fingerprint density at radius 1 is 0.944 bits per heavy atom. The van der Waals surface area contributed by atoms with E-state index in [1.54, 1.807) is 9.47 Å². The highest BCUT2D eigenvalue weighted by molar-refractivity contribution is 6.02. The third-order valence-corrected chi connectivity index (χ3v) is 7.27. The average molecular weight is 497 g/mol. The molecule has 2 N–H and O–H groups in total. The predicted molar refractivity (Wildman–Crippen MR) is 131 cm³/mol. The van der Waals surface area contributed by atoms with Gasteiger partial charge in [0.1, 0.15) is 23.9 Å². The van der Waals surface area contributed by atoms with Crippen LogP contribution in [0.3, 0.4) is 0 Å². The lowest BCUT2D eigenvalue weighted by atomic mass is 9.88. The van der Waals surface area contributed by atoms with E-state index in [1.807, 2.05) is 24.3 Å².